The Balaban J connectivity index is 1.59. The van der Waals surface area contributed by atoms with E-state index in [-0.39, 0.29) is 11.7 Å². The Labute approximate surface area is 142 Å². The van der Waals surface area contributed by atoms with E-state index in [2.05, 4.69) is 20.7 Å². The van der Waals surface area contributed by atoms with Gasteiger partial charge in [0.15, 0.2) is 5.82 Å². The second kappa shape index (κ2) is 6.88. The molecular weight excluding hydrogens is 328 g/mol. The van der Waals surface area contributed by atoms with Crippen molar-refractivity contribution in [3.63, 3.8) is 0 Å². The van der Waals surface area contributed by atoms with Gasteiger partial charge >= 0.3 is 0 Å². The number of nitrogens with zero attached hydrogens (tertiary/aromatic N) is 3. The molecule has 1 amide bonds. The SMILES string of the molecule is Cc1cc(NC(=O)CSc2nnc(-c3ccc(C)c(C)c3)o2)no1. The monoisotopic (exact) mass is 344 g/mol. The van der Waals surface area contributed by atoms with E-state index in [1.54, 1.807) is 13.0 Å². The maximum Gasteiger partial charge on any atom is 0.277 e. The third-order valence-electron chi connectivity index (χ3n) is 3.38. The van der Waals surface area contributed by atoms with Crippen LogP contribution in [-0.4, -0.2) is 27.0 Å². The predicted molar refractivity (Wildman–Crippen MR) is 89.8 cm³/mol. The van der Waals surface area contributed by atoms with Gasteiger partial charge in [0, 0.05) is 11.6 Å². The number of hydrogen-bond donors (Lipinski definition) is 1. The molecule has 1 N–H and O–H groups in total. The number of amides is 1. The summed E-state index contributed by atoms with van der Waals surface area (Å²) in [7, 11) is 0. The van der Waals surface area contributed by atoms with Gasteiger partial charge in [-0.05, 0) is 44.0 Å². The summed E-state index contributed by atoms with van der Waals surface area (Å²) >= 11 is 1.17. The summed E-state index contributed by atoms with van der Waals surface area (Å²) in [5, 5.41) is 14.7. The van der Waals surface area contributed by atoms with E-state index >= 15 is 0 Å². The zero-order chi connectivity index (χ0) is 17.1. The second-order valence-electron chi connectivity index (χ2n) is 5.33. The minimum absolute atomic E-state index is 0.139. The van der Waals surface area contributed by atoms with Crippen LogP contribution in [0.4, 0.5) is 5.82 Å². The van der Waals surface area contributed by atoms with E-state index < -0.39 is 0 Å². The molecule has 0 aliphatic rings. The zero-order valence-corrected chi connectivity index (χ0v) is 14.3. The minimum Gasteiger partial charge on any atom is -0.411 e. The molecule has 24 heavy (non-hydrogen) atoms. The van der Waals surface area contributed by atoms with Gasteiger partial charge in [-0.25, -0.2) is 0 Å². The average molecular weight is 344 g/mol. The van der Waals surface area contributed by atoms with Gasteiger partial charge in [0.25, 0.3) is 5.22 Å². The van der Waals surface area contributed by atoms with Crippen LogP contribution < -0.4 is 5.32 Å². The normalized spacial score (nSPS) is 10.8. The van der Waals surface area contributed by atoms with Gasteiger partial charge < -0.3 is 14.3 Å². The number of aryl methyl sites for hydroxylation is 3. The maximum atomic E-state index is 11.9. The second-order valence-corrected chi connectivity index (χ2v) is 6.26. The lowest BCUT2D eigenvalue weighted by molar-refractivity contribution is -0.113. The Kier molecular flexibility index (Phi) is 4.66. The van der Waals surface area contributed by atoms with Gasteiger partial charge in [-0.3, -0.25) is 4.79 Å². The van der Waals surface area contributed by atoms with Crippen LogP contribution in [0.25, 0.3) is 11.5 Å². The Morgan fingerprint density at radius 3 is 2.71 bits per heavy atom. The molecule has 2 heterocycles. The first-order valence-electron chi connectivity index (χ1n) is 7.28. The van der Waals surface area contributed by atoms with E-state index in [1.807, 2.05) is 32.0 Å². The summed E-state index contributed by atoms with van der Waals surface area (Å²) < 4.78 is 10.5. The molecule has 0 unspecified atom stereocenters. The van der Waals surface area contributed by atoms with Gasteiger partial charge in [-0.15, -0.1) is 10.2 Å². The summed E-state index contributed by atoms with van der Waals surface area (Å²) in [6.45, 7) is 5.83. The van der Waals surface area contributed by atoms with Crippen molar-refractivity contribution < 1.29 is 13.7 Å². The Bertz CT molecular complexity index is 872. The highest BCUT2D eigenvalue weighted by Gasteiger charge is 2.12. The quantitative estimate of drug-likeness (QED) is 0.709. The molecule has 0 radical (unpaired) electrons. The van der Waals surface area contributed by atoms with Crippen LogP contribution in [0.15, 0.2) is 38.4 Å². The molecule has 8 heteroatoms. The average Bonchev–Trinajstić information content (AvgIpc) is 3.17. The number of nitrogens with one attached hydrogen (secondary N) is 1. The first-order chi connectivity index (χ1) is 11.5. The Morgan fingerprint density at radius 2 is 2.00 bits per heavy atom. The third-order valence-corrected chi connectivity index (χ3v) is 4.20. The van der Waals surface area contributed by atoms with Gasteiger partial charge in [0.1, 0.15) is 5.76 Å². The molecule has 0 fully saturated rings. The van der Waals surface area contributed by atoms with Crippen molar-refractivity contribution in [2.24, 2.45) is 0 Å². The lowest BCUT2D eigenvalue weighted by Gasteiger charge is -2.01. The fourth-order valence-electron chi connectivity index (χ4n) is 1.99. The van der Waals surface area contributed by atoms with Crippen molar-refractivity contribution in [1.29, 1.82) is 0 Å². The smallest absolute Gasteiger partial charge is 0.277 e. The number of carbonyl (C=O) groups excluding carboxylic acids is 1. The predicted octanol–water partition coefficient (Wildman–Crippen LogP) is 3.38. The largest absolute Gasteiger partial charge is 0.411 e. The van der Waals surface area contributed by atoms with Crippen molar-refractivity contribution in [1.82, 2.24) is 15.4 Å². The Hall–Kier alpha value is -2.61. The highest BCUT2D eigenvalue weighted by Crippen LogP contribution is 2.24. The third kappa shape index (κ3) is 3.83. The topological polar surface area (TPSA) is 94.1 Å². The van der Waals surface area contributed by atoms with E-state index in [9.17, 15) is 4.79 Å². The van der Waals surface area contributed by atoms with Crippen molar-refractivity contribution >= 4 is 23.5 Å². The Morgan fingerprint density at radius 1 is 1.17 bits per heavy atom. The van der Waals surface area contributed by atoms with Crippen LogP contribution in [-0.2, 0) is 4.79 Å². The van der Waals surface area contributed by atoms with Crippen LogP contribution in [0.2, 0.25) is 0 Å². The summed E-state index contributed by atoms with van der Waals surface area (Å²) in [6.07, 6.45) is 0. The molecule has 0 saturated heterocycles. The molecule has 0 aliphatic carbocycles. The summed E-state index contributed by atoms with van der Waals surface area (Å²) in [6, 6.07) is 7.59. The van der Waals surface area contributed by atoms with Gasteiger partial charge in [0.2, 0.25) is 11.8 Å². The molecule has 2 aromatic heterocycles. The van der Waals surface area contributed by atoms with Crippen molar-refractivity contribution in [3.05, 3.63) is 41.2 Å². The van der Waals surface area contributed by atoms with Crippen LogP contribution in [0.5, 0.6) is 0 Å². The summed E-state index contributed by atoms with van der Waals surface area (Å²) in [5.74, 6) is 1.38. The lowest BCUT2D eigenvalue weighted by Crippen LogP contribution is -2.14. The van der Waals surface area contributed by atoms with Gasteiger partial charge in [-0.2, -0.15) is 0 Å². The number of benzene rings is 1. The van der Waals surface area contributed by atoms with Crippen molar-refractivity contribution in [2.45, 2.75) is 26.0 Å². The number of aromatic nitrogens is 3. The van der Waals surface area contributed by atoms with Crippen LogP contribution in [0, 0.1) is 20.8 Å². The van der Waals surface area contributed by atoms with Crippen LogP contribution >= 0.6 is 11.8 Å². The van der Waals surface area contributed by atoms with Crippen molar-refractivity contribution in [2.75, 3.05) is 11.1 Å². The zero-order valence-electron chi connectivity index (χ0n) is 13.5. The number of rotatable bonds is 5. The standard InChI is InChI=1S/C16H16N4O3S/c1-9-4-5-12(6-10(9)2)15-18-19-16(22-15)24-8-14(21)17-13-7-11(3)23-20-13/h4-7H,8H2,1-3H3,(H,17,20,21). The minimum atomic E-state index is -0.223. The molecule has 0 saturated carbocycles. The molecule has 0 atom stereocenters. The van der Waals surface area contributed by atoms with Crippen LogP contribution in [0.3, 0.4) is 0 Å². The number of anilines is 1. The lowest BCUT2D eigenvalue weighted by atomic mass is 10.1. The van der Waals surface area contributed by atoms with E-state index in [4.69, 9.17) is 8.94 Å². The first-order valence-corrected chi connectivity index (χ1v) is 8.27. The van der Waals surface area contributed by atoms with E-state index in [1.165, 1.54) is 17.3 Å². The fourth-order valence-corrected chi connectivity index (χ4v) is 2.55. The molecule has 1 aromatic carbocycles. The number of carbonyl (C=O) groups is 1. The van der Waals surface area contributed by atoms with Crippen molar-refractivity contribution in [3.8, 4) is 11.5 Å². The maximum absolute atomic E-state index is 11.9. The van der Waals surface area contributed by atoms with Gasteiger partial charge in [-0.1, -0.05) is 23.0 Å². The molecule has 0 aliphatic heterocycles. The molecule has 7 nitrogen and oxygen atoms in total. The highest BCUT2D eigenvalue weighted by molar-refractivity contribution is 7.99. The molecule has 0 spiro atoms. The molecular formula is C16H16N4O3S. The first kappa shape index (κ1) is 16.3. The number of thioether (sulfide) groups is 1. The number of hydrogen-bond acceptors (Lipinski definition) is 7. The molecule has 124 valence electrons. The summed E-state index contributed by atoms with van der Waals surface area (Å²) in [5.41, 5.74) is 3.22. The summed E-state index contributed by atoms with van der Waals surface area (Å²) in [4.78, 5) is 11.9. The fraction of sp³-hybridized carbons (Fsp3) is 0.250. The highest BCUT2D eigenvalue weighted by atomic mass is 32.2. The van der Waals surface area contributed by atoms with Gasteiger partial charge in [0.05, 0.1) is 5.75 Å². The molecule has 0 bridgehead atoms. The van der Waals surface area contributed by atoms with Crippen LogP contribution in [0.1, 0.15) is 16.9 Å². The van der Waals surface area contributed by atoms with E-state index in [0.29, 0.717) is 22.7 Å². The molecule has 3 aromatic rings. The molecule has 3 rings (SSSR count). The van der Waals surface area contributed by atoms with E-state index in [0.717, 1.165) is 11.1 Å².